The summed E-state index contributed by atoms with van der Waals surface area (Å²) in [6.07, 6.45) is 4.07. The number of halogens is 1. The lowest BCUT2D eigenvalue weighted by atomic mass is 10.1. The molecule has 0 spiro atoms. The Morgan fingerprint density at radius 1 is 1.27 bits per heavy atom. The van der Waals surface area contributed by atoms with Gasteiger partial charge in [0, 0.05) is 11.4 Å². The molecule has 1 aromatic carbocycles. The van der Waals surface area contributed by atoms with Crippen LogP contribution in [0.5, 0.6) is 0 Å². The molecule has 0 heterocycles. The van der Waals surface area contributed by atoms with Crippen LogP contribution < -0.4 is 0 Å². The summed E-state index contributed by atoms with van der Waals surface area (Å²) in [6, 6.07) is 7.26. The van der Waals surface area contributed by atoms with Crippen LogP contribution in [0.2, 0.25) is 5.02 Å². The Labute approximate surface area is 93.6 Å². The maximum Gasteiger partial charge on any atom is 0.146 e. The third-order valence-electron chi connectivity index (χ3n) is 1.95. The van der Waals surface area contributed by atoms with Crippen LogP contribution in [0.3, 0.4) is 0 Å². The van der Waals surface area contributed by atoms with Crippen molar-refractivity contribution < 1.29 is 9.59 Å². The van der Waals surface area contributed by atoms with Crippen LogP contribution in [-0.4, -0.2) is 12.6 Å². The minimum Gasteiger partial charge on any atom is -0.303 e. The van der Waals surface area contributed by atoms with E-state index in [0.29, 0.717) is 23.4 Å². The zero-order valence-electron chi connectivity index (χ0n) is 8.15. The highest BCUT2D eigenvalue weighted by atomic mass is 35.5. The number of allylic oxidation sites excluding steroid dienone is 1. The first kappa shape index (κ1) is 11.7. The molecule has 0 radical (unpaired) electrons. The molecule has 3 heteroatoms. The number of benzene rings is 1. The molecule has 0 aliphatic carbocycles. The van der Waals surface area contributed by atoms with E-state index in [2.05, 4.69) is 0 Å². The largest absolute Gasteiger partial charge is 0.303 e. The number of aldehydes is 2. The van der Waals surface area contributed by atoms with E-state index >= 15 is 0 Å². The second-order valence-electron chi connectivity index (χ2n) is 3.06. The molecule has 2 nitrogen and oxygen atoms in total. The van der Waals surface area contributed by atoms with Gasteiger partial charge in [-0.1, -0.05) is 29.8 Å². The Hall–Kier alpha value is -1.41. The van der Waals surface area contributed by atoms with Crippen LogP contribution in [0, 0.1) is 0 Å². The lowest BCUT2D eigenvalue weighted by Gasteiger charge is -1.99. The zero-order valence-corrected chi connectivity index (χ0v) is 8.91. The number of carbonyl (C=O) groups excluding carboxylic acids is 2. The Kier molecular flexibility index (Phi) is 4.78. The molecule has 0 aliphatic heterocycles. The molecular formula is C12H11ClO2. The summed E-state index contributed by atoms with van der Waals surface area (Å²) in [5, 5.41) is 0.600. The molecule has 0 saturated carbocycles. The van der Waals surface area contributed by atoms with Gasteiger partial charge in [0.25, 0.3) is 0 Å². The van der Waals surface area contributed by atoms with Gasteiger partial charge in [-0.05, 0) is 29.7 Å². The van der Waals surface area contributed by atoms with Crippen LogP contribution in [0.1, 0.15) is 18.4 Å². The van der Waals surface area contributed by atoms with Gasteiger partial charge in [0.15, 0.2) is 0 Å². The summed E-state index contributed by atoms with van der Waals surface area (Å²) in [5.74, 6) is 0. The minimum atomic E-state index is 0.356. The molecule has 0 unspecified atom stereocenters. The summed E-state index contributed by atoms with van der Waals surface area (Å²) in [4.78, 5) is 20.9. The third kappa shape index (κ3) is 3.68. The van der Waals surface area contributed by atoms with Gasteiger partial charge in [0.2, 0.25) is 0 Å². The van der Waals surface area contributed by atoms with Crippen molar-refractivity contribution in [1.82, 2.24) is 0 Å². The molecule has 0 amide bonds. The van der Waals surface area contributed by atoms with Crippen molar-refractivity contribution in [3.63, 3.8) is 0 Å². The smallest absolute Gasteiger partial charge is 0.146 e. The second-order valence-corrected chi connectivity index (χ2v) is 3.47. The molecule has 0 aliphatic rings. The highest BCUT2D eigenvalue weighted by Crippen LogP contribution is 2.18. The summed E-state index contributed by atoms with van der Waals surface area (Å²) in [5.41, 5.74) is 1.38. The molecule has 78 valence electrons. The van der Waals surface area contributed by atoms with Gasteiger partial charge in [-0.2, -0.15) is 0 Å². The van der Waals surface area contributed by atoms with Gasteiger partial charge in [-0.3, -0.25) is 4.79 Å². The number of carbonyl (C=O) groups is 2. The normalized spacial score (nSPS) is 11.1. The molecular weight excluding hydrogens is 212 g/mol. The molecule has 0 saturated heterocycles. The molecule has 15 heavy (non-hydrogen) atoms. The average molecular weight is 223 g/mol. The average Bonchev–Trinajstić information content (AvgIpc) is 2.26. The van der Waals surface area contributed by atoms with Crippen LogP contribution >= 0.6 is 11.6 Å². The predicted octanol–water partition coefficient (Wildman–Crippen LogP) is 2.90. The SMILES string of the molecule is O=CCCC(C=O)=Cc1ccccc1Cl. The minimum absolute atomic E-state index is 0.356. The third-order valence-corrected chi connectivity index (χ3v) is 2.29. The maximum atomic E-state index is 10.7. The molecule has 0 fully saturated rings. The summed E-state index contributed by atoms with van der Waals surface area (Å²) in [6.45, 7) is 0. The molecule has 0 atom stereocenters. The first-order valence-corrected chi connectivity index (χ1v) is 4.99. The van der Waals surface area contributed by atoms with Gasteiger partial charge in [0.05, 0.1) is 0 Å². The lowest BCUT2D eigenvalue weighted by Crippen LogP contribution is -1.87. The molecule has 1 rings (SSSR count). The Morgan fingerprint density at radius 3 is 2.60 bits per heavy atom. The van der Waals surface area contributed by atoms with Crippen LogP contribution in [-0.2, 0) is 9.59 Å². The molecule has 1 aromatic rings. The fourth-order valence-electron chi connectivity index (χ4n) is 1.18. The van der Waals surface area contributed by atoms with E-state index < -0.39 is 0 Å². The van der Waals surface area contributed by atoms with E-state index in [1.807, 2.05) is 18.2 Å². The Balaban J connectivity index is 2.87. The molecule has 0 aromatic heterocycles. The lowest BCUT2D eigenvalue weighted by molar-refractivity contribution is -0.107. The van der Waals surface area contributed by atoms with Crippen molar-refractivity contribution in [2.24, 2.45) is 0 Å². The van der Waals surface area contributed by atoms with E-state index in [0.717, 1.165) is 18.1 Å². The van der Waals surface area contributed by atoms with Crippen LogP contribution in [0.15, 0.2) is 29.8 Å². The highest BCUT2D eigenvalue weighted by Gasteiger charge is 1.99. The van der Waals surface area contributed by atoms with Crippen molar-refractivity contribution in [2.45, 2.75) is 12.8 Å². The topological polar surface area (TPSA) is 34.1 Å². The van der Waals surface area contributed by atoms with Crippen molar-refractivity contribution in [1.29, 1.82) is 0 Å². The van der Waals surface area contributed by atoms with Gasteiger partial charge < -0.3 is 4.79 Å². The number of hydrogen-bond donors (Lipinski definition) is 0. The highest BCUT2D eigenvalue weighted by molar-refractivity contribution is 6.32. The summed E-state index contributed by atoms with van der Waals surface area (Å²) in [7, 11) is 0. The van der Waals surface area contributed by atoms with E-state index in [-0.39, 0.29) is 0 Å². The van der Waals surface area contributed by atoms with Crippen LogP contribution in [0.4, 0.5) is 0 Å². The fourth-order valence-corrected chi connectivity index (χ4v) is 1.37. The maximum absolute atomic E-state index is 10.7. The van der Waals surface area contributed by atoms with Crippen molar-refractivity contribution >= 4 is 30.2 Å². The van der Waals surface area contributed by atoms with E-state index in [4.69, 9.17) is 11.6 Å². The first-order valence-electron chi connectivity index (χ1n) is 4.62. The predicted molar refractivity (Wildman–Crippen MR) is 60.8 cm³/mol. The zero-order chi connectivity index (χ0) is 11.1. The second kappa shape index (κ2) is 6.14. The van der Waals surface area contributed by atoms with Crippen molar-refractivity contribution in [3.8, 4) is 0 Å². The van der Waals surface area contributed by atoms with Gasteiger partial charge in [-0.25, -0.2) is 0 Å². The standard InChI is InChI=1S/C12H11ClO2/c13-12-6-2-1-5-11(12)8-10(9-15)4-3-7-14/h1-2,5-9H,3-4H2. The van der Waals surface area contributed by atoms with E-state index in [1.165, 1.54) is 0 Å². The van der Waals surface area contributed by atoms with Crippen molar-refractivity contribution in [2.75, 3.05) is 0 Å². The number of rotatable bonds is 5. The van der Waals surface area contributed by atoms with Crippen LogP contribution in [0.25, 0.3) is 6.08 Å². The van der Waals surface area contributed by atoms with Gasteiger partial charge in [-0.15, -0.1) is 0 Å². The fraction of sp³-hybridized carbons (Fsp3) is 0.167. The quantitative estimate of drug-likeness (QED) is 0.567. The van der Waals surface area contributed by atoms with Gasteiger partial charge >= 0.3 is 0 Å². The molecule has 0 N–H and O–H groups in total. The van der Waals surface area contributed by atoms with E-state index in [9.17, 15) is 9.59 Å². The van der Waals surface area contributed by atoms with Crippen molar-refractivity contribution in [3.05, 3.63) is 40.4 Å². The van der Waals surface area contributed by atoms with E-state index in [1.54, 1.807) is 12.1 Å². The monoisotopic (exact) mass is 222 g/mol. The Bertz CT molecular complexity index is 383. The Morgan fingerprint density at radius 2 is 2.00 bits per heavy atom. The van der Waals surface area contributed by atoms with Gasteiger partial charge in [0.1, 0.15) is 12.6 Å². The first-order chi connectivity index (χ1) is 7.27. The summed E-state index contributed by atoms with van der Waals surface area (Å²) < 4.78 is 0. The number of hydrogen-bond acceptors (Lipinski definition) is 2. The molecule has 0 bridgehead atoms. The summed E-state index contributed by atoms with van der Waals surface area (Å²) >= 11 is 5.93.